The maximum atomic E-state index is 12.6. The second kappa shape index (κ2) is 5.41. The lowest BCUT2D eigenvalue weighted by Crippen LogP contribution is -2.39. The highest BCUT2D eigenvalue weighted by molar-refractivity contribution is 5.54. The summed E-state index contributed by atoms with van der Waals surface area (Å²) in [5.41, 5.74) is 2.79. The van der Waals surface area contributed by atoms with E-state index >= 15 is 0 Å². The van der Waals surface area contributed by atoms with E-state index in [1.165, 1.54) is 0 Å². The number of hydrogen-bond donors (Lipinski definition) is 1. The fourth-order valence-electron chi connectivity index (χ4n) is 2.62. The van der Waals surface area contributed by atoms with E-state index < -0.39 is 12.1 Å². The van der Waals surface area contributed by atoms with Gasteiger partial charge in [-0.3, -0.25) is 0 Å². The monoisotopic (exact) mass is 273 g/mol. The number of hydrogen-bond acceptors (Lipinski definition) is 2. The number of halogens is 3. The highest BCUT2D eigenvalue weighted by Crippen LogP contribution is 2.36. The molecule has 0 aromatic heterocycles. The molecule has 0 saturated carbocycles. The van der Waals surface area contributed by atoms with Crippen molar-refractivity contribution in [2.75, 3.05) is 18.0 Å². The first-order valence-electron chi connectivity index (χ1n) is 6.44. The van der Waals surface area contributed by atoms with Crippen molar-refractivity contribution >= 4 is 5.69 Å². The summed E-state index contributed by atoms with van der Waals surface area (Å²) in [5.74, 6) is -1.17. The van der Waals surface area contributed by atoms with E-state index in [4.69, 9.17) is 5.11 Å². The van der Waals surface area contributed by atoms with Gasteiger partial charge in [0.2, 0.25) is 0 Å². The maximum Gasteiger partial charge on any atom is 0.391 e. The lowest BCUT2D eigenvalue weighted by molar-refractivity contribution is -0.179. The topological polar surface area (TPSA) is 23.5 Å². The van der Waals surface area contributed by atoms with Crippen molar-refractivity contribution in [1.29, 1.82) is 0 Å². The van der Waals surface area contributed by atoms with Gasteiger partial charge in [0.25, 0.3) is 0 Å². The molecule has 0 atom stereocenters. The summed E-state index contributed by atoms with van der Waals surface area (Å²) in [5, 5.41) is 9.05. The number of alkyl halides is 3. The van der Waals surface area contributed by atoms with Crippen LogP contribution in [-0.4, -0.2) is 24.4 Å². The summed E-state index contributed by atoms with van der Waals surface area (Å²) in [6.45, 7) is 2.77. The van der Waals surface area contributed by atoms with Crippen LogP contribution in [0.25, 0.3) is 0 Å². The van der Waals surface area contributed by atoms with Crippen LogP contribution in [0.1, 0.15) is 24.0 Å². The molecule has 0 radical (unpaired) electrons. The average Bonchev–Trinajstić information content (AvgIpc) is 2.37. The molecule has 1 aromatic rings. The first kappa shape index (κ1) is 14.2. The van der Waals surface area contributed by atoms with Gasteiger partial charge in [-0.15, -0.1) is 0 Å². The minimum Gasteiger partial charge on any atom is -0.392 e. The Balaban J connectivity index is 2.06. The third-order valence-corrected chi connectivity index (χ3v) is 3.74. The molecule has 0 amide bonds. The van der Waals surface area contributed by atoms with Crippen molar-refractivity contribution in [2.45, 2.75) is 32.5 Å². The Hall–Kier alpha value is -1.23. The van der Waals surface area contributed by atoms with Crippen LogP contribution in [-0.2, 0) is 6.61 Å². The number of aliphatic hydroxyl groups excluding tert-OH is 1. The number of aryl methyl sites for hydroxylation is 1. The zero-order chi connectivity index (χ0) is 14.0. The van der Waals surface area contributed by atoms with E-state index in [2.05, 4.69) is 0 Å². The summed E-state index contributed by atoms with van der Waals surface area (Å²) in [6.07, 6.45) is -3.75. The zero-order valence-electron chi connectivity index (χ0n) is 10.9. The van der Waals surface area contributed by atoms with Gasteiger partial charge in [-0.05, 0) is 37.0 Å². The fraction of sp³-hybridized carbons (Fsp3) is 0.571. The Morgan fingerprint density at radius 1 is 1.26 bits per heavy atom. The number of rotatable bonds is 2. The van der Waals surface area contributed by atoms with Gasteiger partial charge >= 0.3 is 6.18 Å². The van der Waals surface area contributed by atoms with Crippen LogP contribution in [0.4, 0.5) is 18.9 Å². The molecule has 5 heteroatoms. The Labute approximate surface area is 110 Å². The summed E-state index contributed by atoms with van der Waals surface area (Å²) in [7, 11) is 0. The number of benzene rings is 1. The predicted molar refractivity (Wildman–Crippen MR) is 68.1 cm³/mol. The number of anilines is 1. The maximum absolute atomic E-state index is 12.6. The van der Waals surface area contributed by atoms with Gasteiger partial charge in [0.15, 0.2) is 0 Å². The second-order valence-corrected chi connectivity index (χ2v) is 5.08. The Bertz CT molecular complexity index is 437. The molecule has 1 aliphatic rings. The van der Waals surface area contributed by atoms with Gasteiger partial charge in [0.1, 0.15) is 0 Å². The van der Waals surface area contributed by atoms with Crippen molar-refractivity contribution in [2.24, 2.45) is 5.92 Å². The smallest absolute Gasteiger partial charge is 0.391 e. The van der Waals surface area contributed by atoms with Crippen LogP contribution in [0.3, 0.4) is 0 Å². The lowest BCUT2D eigenvalue weighted by atomic mass is 9.95. The van der Waals surface area contributed by atoms with Crippen molar-refractivity contribution in [3.63, 3.8) is 0 Å². The predicted octanol–water partition coefficient (Wildman–Crippen LogP) is 3.27. The normalized spacial score (nSPS) is 17.8. The van der Waals surface area contributed by atoms with Crippen molar-refractivity contribution < 1.29 is 18.3 Å². The number of aliphatic hydroxyl groups is 1. The quantitative estimate of drug-likeness (QED) is 0.894. The van der Waals surface area contributed by atoms with E-state index in [9.17, 15) is 13.2 Å². The molecule has 1 N–H and O–H groups in total. The highest BCUT2D eigenvalue weighted by Gasteiger charge is 2.41. The van der Waals surface area contributed by atoms with Crippen LogP contribution in [0.5, 0.6) is 0 Å². The van der Waals surface area contributed by atoms with E-state index in [0.717, 1.165) is 16.8 Å². The van der Waals surface area contributed by atoms with Gasteiger partial charge in [-0.25, -0.2) is 0 Å². The van der Waals surface area contributed by atoms with Gasteiger partial charge in [-0.2, -0.15) is 13.2 Å². The molecule has 1 saturated heterocycles. The molecule has 2 rings (SSSR count). The van der Waals surface area contributed by atoms with Crippen LogP contribution in [0, 0.1) is 12.8 Å². The summed E-state index contributed by atoms with van der Waals surface area (Å²) in [4.78, 5) is 2.00. The van der Waals surface area contributed by atoms with Crippen LogP contribution < -0.4 is 4.90 Å². The molecule has 0 bridgehead atoms. The first-order chi connectivity index (χ1) is 8.91. The molecule has 0 unspecified atom stereocenters. The molecule has 1 fully saturated rings. The van der Waals surface area contributed by atoms with Crippen molar-refractivity contribution in [3.8, 4) is 0 Å². The van der Waals surface area contributed by atoms with Gasteiger partial charge in [0, 0.05) is 18.8 Å². The summed E-state index contributed by atoms with van der Waals surface area (Å²) < 4.78 is 37.8. The van der Waals surface area contributed by atoms with Crippen LogP contribution in [0.15, 0.2) is 18.2 Å². The zero-order valence-corrected chi connectivity index (χ0v) is 10.9. The molecule has 106 valence electrons. The molecular formula is C14H18F3NO. The Morgan fingerprint density at radius 3 is 2.37 bits per heavy atom. The van der Waals surface area contributed by atoms with Gasteiger partial charge < -0.3 is 10.0 Å². The summed E-state index contributed by atoms with van der Waals surface area (Å²) >= 11 is 0. The first-order valence-corrected chi connectivity index (χ1v) is 6.44. The van der Waals surface area contributed by atoms with Crippen LogP contribution in [0.2, 0.25) is 0 Å². The molecule has 0 aliphatic carbocycles. The SMILES string of the molecule is Cc1cc(CO)ccc1N1CCC(C(F)(F)F)CC1. The largest absolute Gasteiger partial charge is 0.392 e. The molecule has 1 aromatic carbocycles. The van der Waals surface area contributed by atoms with E-state index in [1.54, 1.807) is 0 Å². The lowest BCUT2D eigenvalue weighted by Gasteiger charge is -2.35. The molecule has 19 heavy (non-hydrogen) atoms. The van der Waals surface area contributed by atoms with E-state index in [-0.39, 0.29) is 19.4 Å². The molecule has 2 nitrogen and oxygen atoms in total. The Morgan fingerprint density at radius 2 is 1.89 bits per heavy atom. The standard InChI is InChI=1S/C14H18F3NO/c1-10-8-11(9-19)2-3-13(10)18-6-4-12(5-7-18)14(15,16)17/h2-3,8,12,19H,4-7,9H2,1H3. The minimum atomic E-state index is -4.07. The van der Waals surface area contributed by atoms with E-state index in [0.29, 0.717) is 13.1 Å². The molecule has 1 aliphatic heterocycles. The Kier molecular flexibility index (Phi) is 4.04. The number of piperidine rings is 1. The average molecular weight is 273 g/mol. The third kappa shape index (κ3) is 3.21. The van der Waals surface area contributed by atoms with Gasteiger partial charge in [0.05, 0.1) is 12.5 Å². The van der Waals surface area contributed by atoms with E-state index in [1.807, 2.05) is 30.0 Å². The second-order valence-electron chi connectivity index (χ2n) is 5.08. The van der Waals surface area contributed by atoms with Gasteiger partial charge in [-0.1, -0.05) is 12.1 Å². The summed E-state index contributed by atoms with van der Waals surface area (Å²) in [6, 6.07) is 5.58. The molecular weight excluding hydrogens is 255 g/mol. The van der Waals surface area contributed by atoms with Crippen LogP contribution >= 0.6 is 0 Å². The highest BCUT2D eigenvalue weighted by atomic mass is 19.4. The van der Waals surface area contributed by atoms with Crippen molar-refractivity contribution in [3.05, 3.63) is 29.3 Å². The minimum absolute atomic E-state index is 0.0166. The molecule has 1 heterocycles. The molecule has 0 spiro atoms. The van der Waals surface area contributed by atoms with Crippen molar-refractivity contribution in [1.82, 2.24) is 0 Å². The number of nitrogens with zero attached hydrogens (tertiary/aromatic N) is 1. The fourth-order valence-corrected chi connectivity index (χ4v) is 2.62. The third-order valence-electron chi connectivity index (χ3n) is 3.74.